The number of para-hydroxylation sites is 2. The van der Waals surface area contributed by atoms with Crippen molar-refractivity contribution in [3.8, 4) is 39.8 Å². The van der Waals surface area contributed by atoms with Gasteiger partial charge in [-0.15, -0.1) is 0 Å². The maximum atomic E-state index is 9.34. The van der Waals surface area contributed by atoms with Crippen LogP contribution in [0.15, 0.2) is 109 Å². The molecule has 1 saturated heterocycles. The lowest BCUT2D eigenvalue weighted by molar-refractivity contribution is 0.00578. The van der Waals surface area contributed by atoms with Gasteiger partial charge in [-0.05, 0) is 96.9 Å². The Morgan fingerprint density at radius 1 is 0.581 bits per heavy atom. The van der Waals surface area contributed by atoms with Crippen LogP contribution in [0.5, 0.6) is 11.5 Å². The summed E-state index contributed by atoms with van der Waals surface area (Å²) in [5.74, 6) is 1.73. The van der Waals surface area contributed by atoms with Crippen molar-refractivity contribution in [2.45, 2.75) is 44.3 Å². The highest BCUT2D eigenvalue weighted by Crippen LogP contribution is 2.62. The molecule has 2 heterocycles. The van der Waals surface area contributed by atoms with E-state index in [1.165, 1.54) is 16.7 Å². The van der Waals surface area contributed by atoms with Crippen LogP contribution in [0.25, 0.3) is 22.3 Å². The van der Waals surface area contributed by atoms with Crippen LogP contribution < -0.4 is 10.2 Å². The van der Waals surface area contributed by atoms with Gasteiger partial charge in [0.15, 0.2) is 0 Å². The maximum absolute atomic E-state index is 9.34. The van der Waals surface area contributed by atoms with Crippen LogP contribution in [0, 0.1) is 11.3 Å². The van der Waals surface area contributed by atoms with E-state index in [-0.39, 0.29) is 0 Å². The van der Waals surface area contributed by atoms with Crippen molar-refractivity contribution in [2.75, 3.05) is 0 Å². The molecule has 1 fully saturated rings. The SMILES string of the molecule is CC1(C)OB(c2ccc3c(c2)-c2cc(-c4ccc(C#N)cc4)ccc2C32c3ccccc3Oc3ccccc32)OC1(C)C. The monoisotopic (exact) mass is 559 g/mol. The lowest BCUT2D eigenvalue weighted by Gasteiger charge is -2.39. The molecule has 5 aromatic rings. The fraction of sp³-hybridized carbons (Fsp3) is 0.184. The van der Waals surface area contributed by atoms with E-state index in [2.05, 4.69) is 107 Å². The van der Waals surface area contributed by atoms with Gasteiger partial charge >= 0.3 is 7.12 Å². The molecule has 1 spiro atoms. The molecule has 0 N–H and O–H groups in total. The van der Waals surface area contributed by atoms with Gasteiger partial charge in [-0.1, -0.05) is 78.9 Å². The number of nitriles is 1. The van der Waals surface area contributed by atoms with Gasteiger partial charge in [0.1, 0.15) is 11.5 Å². The van der Waals surface area contributed by atoms with E-state index in [1.54, 1.807) is 0 Å². The molecule has 0 unspecified atom stereocenters. The van der Waals surface area contributed by atoms with Crippen LogP contribution in [0.2, 0.25) is 0 Å². The standard InChI is InChI=1S/C38H30BNO3/c1-36(2)37(3,4)43-39(42-36)27-18-20-31-29(22-27)28-21-26(25-15-13-24(23-40)14-16-25)17-19-30(28)38(31)32-9-5-7-11-34(32)41-35-12-8-6-10-33(35)38/h5-22H,1-4H3. The number of ether oxygens (including phenoxy) is 1. The Kier molecular flexibility index (Phi) is 5.41. The second-order valence-electron chi connectivity index (χ2n) is 12.7. The number of hydrogen-bond acceptors (Lipinski definition) is 4. The van der Waals surface area contributed by atoms with Crippen molar-refractivity contribution in [1.29, 1.82) is 5.26 Å². The zero-order valence-electron chi connectivity index (χ0n) is 24.6. The third-order valence-corrected chi connectivity index (χ3v) is 9.84. The van der Waals surface area contributed by atoms with Crippen LogP contribution in [0.4, 0.5) is 0 Å². The molecule has 5 heteroatoms. The second-order valence-corrected chi connectivity index (χ2v) is 12.7. The van der Waals surface area contributed by atoms with Crippen molar-refractivity contribution in [1.82, 2.24) is 0 Å². The Morgan fingerprint density at radius 3 is 1.72 bits per heavy atom. The number of nitrogens with zero attached hydrogens (tertiary/aromatic N) is 1. The Hall–Kier alpha value is -4.63. The van der Waals surface area contributed by atoms with Gasteiger partial charge in [0.05, 0.1) is 28.2 Å². The van der Waals surface area contributed by atoms with Gasteiger partial charge in [0, 0.05) is 11.1 Å². The van der Waals surface area contributed by atoms with Crippen LogP contribution in [-0.4, -0.2) is 18.3 Å². The van der Waals surface area contributed by atoms with E-state index >= 15 is 0 Å². The molecule has 0 radical (unpaired) electrons. The van der Waals surface area contributed by atoms with Gasteiger partial charge in [-0.2, -0.15) is 5.26 Å². The smallest absolute Gasteiger partial charge is 0.457 e. The van der Waals surface area contributed by atoms with Gasteiger partial charge in [-0.3, -0.25) is 0 Å². The predicted molar refractivity (Wildman–Crippen MR) is 170 cm³/mol. The maximum Gasteiger partial charge on any atom is 0.494 e. The van der Waals surface area contributed by atoms with E-state index in [0.717, 1.165) is 44.8 Å². The first-order valence-electron chi connectivity index (χ1n) is 14.8. The minimum atomic E-state index is -0.548. The highest BCUT2D eigenvalue weighted by molar-refractivity contribution is 6.62. The minimum absolute atomic E-state index is 0.433. The molecule has 1 aliphatic carbocycles. The topological polar surface area (TPSA) is 51.5 Å². The largest absolute Gasteiger partial charge is 0.494 e. The van der Waals surface area contributed by atoms with Crippen LogP contribution in [0.3, 0.4) is 0 Å². The summed E-state index contributed by atoms with van der Waals surface area (Å²) in [6, 6.07) is 40.2. The molecular formula is C38H30BNO3. The molecule has 3 aliphatic rings. The lowest BCUT2D eigenvalue weighted by Crippen LogP contribution is -2.41. The molecule has 0 saturated carbocycles. The average molecular weight is 559 g/mol. The zero-order chi connectivity index (χ0) is 29.6. The first-order chi connectivity index (χ1) is 20.7. The molecule has 43 heavy (non-hydrogen) atoms. The first kappa shape index (κ1) is 26.0. The van der Waals surface area contributed by atoms with Gasteiger partial charge in [0.25, 0.3) is 0 Å². The van der Waals surface area contributed by atoms with E-state index < -0.39 is 23.7 Å². The Morgan fingerprint density at radius 2 is 1.12 bits per heavy atom. The van der Waals surface area contributed by atoms with E-state index in [4.69, 9.17) is 14.0 Å². The molecule has 2 aliphatic heterocycles. The molecule has 4 nitrogen and oxygen atoms in total. The summed E-state index contributed by atoms with van der Waals surface area (Å²) in [5.41, 5.74) is 9.41. The molecule has 208 valence electrons. The number of benzene rings is 5. The van der Waals surface area contributed by atoms with Crippen molar-refractivity contribution < 1.29 is 14.0 Å². The summed E-state index contributed by atoms with van der Waals surface area (Å²) >= 11 is 0. The number of hydrogen-bond donors (Lipinski definition) is 0. The summed E-state index contributed by atoms with van der Waals surface area (Å²) < 4.78 is 19.5. The fourth-order valence-electron chi connectivity index (χ4n) is 6.97. The van der Waals surface area contributed by atoms with E-state index in [1.807, 2.05) is 36.4 Å². The average Bonchev–Trinajstić information content (AvgIpc) is 3.43. The van der Waals surface area contributed by atoms with Crippen LogP contribution in [-0.2, 0) is 14.7 Å². The fourth-order valence-corrected chi connectivity index (χ4v) is 6.97. The van der Waals surface area contributed by atoms with Crippen molar-refractivity contribution in [2.24, 2.45) is 0 Å². The van der Waals surface area contributed by atoms with Gasteiger partial charge in [0.2, 0.25) is 0 Å². The summed E-state index contributed by atoms with van der Waals surface area (Å²) in [6.45, 7) is 8.35. The Balaban J connectivity index is 1.40. The number of rotatable bonds is 2. The third-order valence-electron chi connectivity index (χ3n) is 9.84. The third kappa shape index (κ3) is 3.58. The molecule has 8 rings (SSSR count). The molecule has 5 aromatic carbocycles. The predicted octanol–water partition coefficient (Wildman–Crippen LogP) is 7.99. The lowest BCUT2D eigenvalue weighted by atomic mass is 9.65. The highest BCUT2D eigenvalue weighted by atomic mass is 16.7. The highest BCUT2D eigenvalue weighted by Gasteiger charge is 2.54. The molecule has 0 bridgehead atoms. The van der Waals surface area contributed by atoms with Crippen molar-refractivity contribution in [3.63, 3.8) is 0 Å². The van der Waals surface area contributed by atoms with E-state index in [9.17, 15) is 5.26 Å². The minimum Gasteiger partial charge on any atom is -0.457 e. The van der Waals surface area contributed by atoms with Crippen LogP contribution in [0.1, 0.15) is 55.5 Å². The quantitative estimate of drug-likeness (QED) is 0.202. The summed E-state index contributed by atoms with van der Waals surface area (Å²) in [7, 11) is -0.466. The first-order valence-corrected chi connectivity index (χ1v) is 14.8. The molecular weight excluding hydrogens is 529 g/mol. The van der Waals surface area contributed by atoms with E-state index in [0.29, 0.717) is 5.56 Å². The van der Waals surface area contributed by atoms with Gasteiger partial charge < -0.3 is 14.0 Å². The normalized spacial score (nSPS) is 17.8. The molecule has 0 atom stereocenters. The Bertz CT molecular complexity index is 1920. The van der Waals surface area contributed by atoms with Gasteiger partial charge in [-0.25, -0.2) is 0 Å². The van der Waals surface area contributed by atoms with Crippen LogP contribution >= 0.6 is 0 Å². The van der Waals surface area contributed by atoms with Crippen molar-refractivity contribution in [3.05, 3.63) is 137 Å². The summed E-state index contributed by atoms with van der Waals surface area (Å²) in [5, 5.41) is 9.34. The molecule has 0 amide bonds. The summed E-state index contributed by atoms with van der Waals surface area (Å²) in [4.78, 5) is 0. The molecule has 0 aromatic heterocycles. The van der Waals surface area contributed by atoms with Crippen molar-refractivity contribution >= 4 is 12.6 Å². The summed E-state index contributed by atoms with van der Waals surface area (Å²) in [6.07, 6.45) is 0. The number of fused-ring (bicyclic) bond motifs is 9. The zero-order valence-corrected chi connectivity index (χ0v) is 24.6. The Labute approximate surface area is 252 Å². The second kappa shape index (κ2) is 8.94.